The van der Waals surface area contributed by atoms with E-state index in [-0.39, 0.29) is 15.9 Å². The summed E-state index contributed by atoms with van der Waals surface area (Å²) < 4.78 is 13.5. The van der Waals surface area contributed by atoms with E-state index >= 15 is 0 Å². The Morgan fingerprint density at radius 2 is 1.95 bits per heavy atom. The topological polar surface area (TPSA) is 29.1 Å². The summed E-state index contributed by atoms with van der Waals surface area (Å²) in [7, 11) is 0. The number of benzene rings is 2. The lowest BCUT2D eigenvalue weighted by atomic mass is 10.2. The molecule has 0 aliphatic rings. The van der Waals surface area contributed by atoms with Crippen molar-refractivity contribution in [2.45, 2.75) is 6.54 Å². The van der Waals surface area contributed by atoms with Crippen molar-refractivity contribution >= 4 is 33.4 Å². The Balaban J connectivity index is 2.10. The normalized spacial score (nSPS) is 10.3. The SMILES string of the molecule is O=C(NCc1ccccc1Cl)c1cccc(F)c1Br. The molecule has 98 valence electrons. The molecule has 0 aliphatic carbocycles. The molecule has 5 heteroatoms. The monoisotopic (exact) mass is 341 g/mol. The van der Waals surface area contributed by atoms with Crippen LogP contribution in [-0.2, 0) is 6.54 Å². The van der Waals surface area contributed by atoms with E-state index in [0.717, 1.165) is 5.56 Å². The van der Waals surface area contributed by atoms with Gasteiger partial charge in [0.25, 0.3) is 5.91 Å². The number of hydrogen-bond donors (Lipinski definition) is 1. The number of halogens is 3. The predicted molar refractivity (Wildman–Crippen MR) is 76.7 cm³/mol. The van der Waals surface area contributed by atoms with Gasteiger partial charge >= 0.3 is 0 Å². The summed E-state index contributed by atoms with van der Waals surface area (Å²) in [5.74, 6) is -0.823. The first-order valence-corrected chi connectivity index (χ1v) is 6.72. The third-order valence-corrected chi connectivity index (χ3v) is 3.77. The summed E-state index contributed by atoms with van der Waals surface area (Å²) in [6.07, 6.45) is 0. The van der Waals surface area contributed by atoms with Gasteiger partial charge in [0, 0.05) is 11.6 Å². The van der Waals surface area contributed by atoms with E-state index in [2.05, 4.69) is 21.2 Å². The lowest BCUT2D eigenvalue weighted by molar-refractivity contribution is 0.0949. The van der Waals surface area contributed by atoms with E-state index in [0.29, 0.717) is 11.6 Å². The highest BCUT2D eigenvalue weighted by atomic mass is 79.9. The molecule has 0 aliphatic heterocycles. The molecule has 0 radical (unpaired) electrons. The highest BCUT2D eigenvalue weighted by molar-refractivity contribution is 9.10. The van der Waals surface area contributed by atoms with Crippen LogP contribution < -0.4 is 5.32 Å². The fourth-order valence-corrected chi connectivity index (χ4v) is 2.24. The summed E-state index contributed by atoms with van der Waals surface area (Å²) in [5, 5.41) is 3.29. The quantitative estimate of drug-likeness (QED) is 0.891. The maximum absolute atomic E-state index is 13.3. The van der Waals surface area contributed by atoms with Crippen LogP contribution in [0.15, 0.2) is 46.9 Å². The first-order chi connectivity index (χ1) is 9.09. The van der Waals surface area contributed by atoms with Crippen LogP contribution in [0.2, 0.25) is 5.02 Å². The number of amides is 1. The van der Waals surface area contributed by atoms with Crippen LogP contribution in [-0.4, -0.2) is 5.91 Å². The lowest BCUT2D eigenvalue weighted by Gasteiger charge is -2.08. The molecular formula is C14H10BrClFNO. The maximum Gasteiger partial charge on any atom is 0.252 e. The van der Waals surface area contributed by atoms with Gasteiger partial charge in [0.1, 0.15) is 5.82 Å². The molecule has 0 saturated heterocycles. The first kappa shape index (κ1) is 14.0. The van der Waals surface area contributed by atoms with Crippen molar-refractivity contribution in [1.29, 1.82) is 0 Å². The minimum absolute atomic E-state index is 0.159. The molecule has 0 saturated carbocycles. The molecule has 0 heterocycles. The Labute approximate surface area is 123 Å². The zero-order valence-corrected chi connectivity index (χ0v) is 12.1. The van der Waals surface area contributed by atoms with Gasteiger partial charge in [-0.2, -0.15) is 0 Å². The van der Waals surface area contributed by atoms with Crippen LogP contribution in [0.25, 0.3) is 0 Å². The minimum Gasteiger partial charge on any atom is -0.348 e. The highest BCUT2D eigenvalue weighted by Gasteiger charge is 2.12. The van der Waals surface area contributed by atoms with E-state index in [1.54, 1.807) is 12.1 Å². The summed E-state index contributed by atoms with van der Waals surface area (Å²) in [5.41, 5.74) is 1.07. The van der Waals surface area contributed by atoms with Crippen molar-refractivity contribution in [1.82, 2.24) is 5.32 Å². The molecule has 2 nitrogen and oxygen atoms in total. The number of carbonyl (C=O) groups excluding carboxylic acids is 1. The fraction of sp³-hybridized carbons (Fsp3) is 0.0714. The Morgan fingerprint density at radius 1 is 1.21 bits per heavy atom. The zero-order valence-electron chi connectivity index (χ0n) is 9.79. The molecule has 2 aromatic rings. The molecule has 2 rings (SSSR count). The van der Waals surface area contributed by atoms with E-state index in [1.807, 2.05) is 18.2 Å². The molecule has 0 fully saturated rings. The summed E-state index contributed by atoms with van der Waals surface area (Å²) in [6, 6.07) is 11.6. The van der Waals surface area contributed by atoms with E-state index in [9.17, 15) is 9.18 Å². The van der Waals surface area contributed by atoms with Gasteiger partial charge in [0.2, 0.25) is 0 Å². The summed E-state index contributed by atoms with van der Waals surface area (Å²) >= 11 is 9.05. The van der Waals surface area contributed by atoms with Crippen LogP contribution in [0.3, 0.4) is 0 Å². The molecule has 1 N–H and O–H groups in total. The maximum atomic E-state index is 13.3. The number of hydrogen-bond acceptors (Lipinski definition) is 1. The number of rotatable bonds is 3. The lowest BCUT2D eigenvalue weighted by Crippen LogP contribution is -2.23. The molecule has 0 atom stereocenters. The Bertz CT molecular complexity index is 618. The molecular weight excluding hydrogens is 333 g/mol. The van der Waals surface area contributed by atoms with Crippen molar-refractivity contribution in [3.8, 4) is 0 Å². The molecule has 0 bridgehead atoms. The van der Waals surface area contributed by atoms with Gasteiger partial charge in [-0.15, -0.1) is 0 Å². The molecule has 0 spiro atoms. The van der Waals surface area contributed by atoms with Crippen LogP contribution in [0.1, 0.15) is 15.9 Å². The van der Waals surface area contributed by atoms with Crippen molar-refractivity contribution in [3.63, 3.8) is 0 Å². The fourth-order valence-electron chi connectivity index (χ4n) is 1.59. The number of carbonyl (C=O) groups is 1. The van der Waals surface area contributed by atoms with Crippen molar-refractivity contribution in [2.24, 2.45) is 0 Å². The van der Waals surface area contributed by atoms with E-state index in [1.165, 1.54) is 12.1 Å². The molecule has 2 aromatic carbocycles. The van der Waals surface area contributed by atoms with Gasteiger partial charge in [-0.3, -0.25) is 4.79 Å². The van der Waals surface area contributed by atoms with Gasteiger partial charge in [-0.05, 0) is 39.7 Å². The zero-order chi connectivity index (χ0) is 13.8. The van der Waals surface area contributed by atoms with E-state index < -0.39 is 5.82 Å². The average Bonchev–Trinajstić information content (AvgIpc) is 2.40. The van der Waals surface area contributed by atoms with Crippen LogP contribution >= 0.6 is 27.5 Å². The molecule has 0 unspecified atom stereocenters. The molecule has 0 aromatic heterocycles. The predicted octanol–water partition coefficient (Wildman–Crippen LogP) is 4.17. The van der Waals surface area contributed by atoms with Crippen LogP contribution in [0.4, 0.5) is 4.39 Å². The highest BCUT2D eigenvalue weighted by Crippen LogP contribution is 2.20. The second kappa shape index (κ2) is 6.17. The smallest absolute Gasteiger partial charge is 0.252 e. The van der Waals surface area contributed by atoms with Crippen molar-refractivity contribution in [3.05, 3.63) is 68.9 Å². The van der Waals surface area contributed by atoms with Crippen LogP contribution in [0.5, 0.6) is 0 Å². The van der Waals surface area contributed by atoms with Crippen molar-refractivity contribution < 1.29 is 9.18 Å². The third-order valence-electron chi connectivity index (χ3n) is 2.59. The largest absolute Gasteiger partial charge is 0.348 e. The van der Waals surface area contributed by atoms with Crippen molar-refractivity contribution in [2.75, 3.05) is 0 Å². The summed E-state index contributed by atoms with van der Waals surface area (Å²) in [6.45, 7) is 0.293. The van der Waals surface area contributed by atoms with Gasteiger partial charge in [0.15, 0.2) is 0 Å². The summed E-state index contributed by atoms with van der Waals surface area (Å²) in [4.78, 5) is 12.0. The third kappa shape index (κ3) is 3.33. The number of nitrogens with one attached hydrogen (secondary N) is 1. The average molecular weight is 343 g/mol. The second-order valence-corrected chi connectivity index (χ2v) is 5.08. The Hall–Kier alpha value is -1.39. The van der Waals surface area contributed by atoms with Gasteiger partial charge in [-0.1, -0.05) is 35.9 Å². The van der Waals surface area contributed by atoms with E-state index in [4.69, 9.17) is 11.6 Å². The second-order valence-electron chi connectivity index (χ2n) is 3.88. The standard InChI is InChI=1S/C14H10BrClFNO/c15-13-10(5-3-7-12(13)17)14(19)18-8-9-4-1-2-6-11(9)16/h1-7H,8H2,(H,18,19). The Kier molecular flexibility index (Phi) is 4.56. The Morgan fingerprint density at radius 3 is 2.68 bits per heavy atom. The first-order valence-electron chi connectivity index (χ1n) is 5.55. The minimum atomic E-state index is -0.467. The van der Waals surface area contributed by atoms with Gasteiger partial charge in [0.05, 0.1) is 10.0 Å². The van der Waals surface area contributed by atoms with Crippen LogP contribution in [0, 0.1) is 5.82 Å². The molecule has 1 amide bonds. The van der Waals surface area contributed by atoms with Gasteiger partial charge in [-0.25, -0.2) is 4.39 Å². The van der Waals surface area contributed by atoms with Gasteiger partial charge < -0.3 is 5.32 Å². The molecule has 19 heavy (non-hydrogen) atoms.